The van der Waals surface area contributed by atoms with Gasteiger partial charge in [-0.25, -0.2) is 4.68 Å². The molecule has 0 aliphatic heterocycles. The number of carbonyl (C=O) groups is 1. The van der Waals surface area contributed by atoms with Crippen LogP contribution < -0.4 is 5.32 Å². The van der Waals surface area contributed by atoms with E-state index in [9.17, 15) is 4.79 Å². The van der Waals surface area contributed by atoms with E-state index in [1.165, 1.54) is 12.8 Å². The largest absolute Gasteiger partial charge is 0.396 e. The fourth-order valence-corrected chi connectivity index (χ4v) is 2.05. The van der Waals surface area contributed by atoms with Gasteiger partial charge in [-0.1, -0.05) is 12.1 Å². The lowest BCUT2D eigenvalue weighted by molar-refractivity contribution is -0.123. The molecule has 0 aromatic carbocycles. The zero-order valence-electron chi connectivity index (χ0n) is 11.6. The molecule has 2 N–H and O–H groups in total. The molecular formula is C13H22N4O2. The van der Waals surface area contributed by atoms with E-state index >= 15 is 0 Å². The standard InChI is InChI=1S/C13H22N4O2/c1-3-13(2,6-7-18)14-12(19)9-17-8-11(15-16-17)10-4-5-10/h8,10,18H,3-7,9H2,1-2H3,(H,14,19). The number of aliphatic hydroxyl groups is 1. The SMILES string of the molecule is CCC(C)(CCO)NC(=O)Cn1cc(C2CC2)nn1. The number of aliphatic hydroxyl groups excluding tert-OH is 1. The number of aromatic nitrogens is 3. The third kappa shape index (κ3) is 3.76. The van der Waals surface area contributed by atoms with Crippen LogP contribution in [0.4, 0.5) is 0 Å². The highest BCUT2D eigenvalue weighted by Crippen LogP contribution is 2.38. The van der Waals surface area contributed by atoms with Gasteiger partial charge in [0.2, 0.25) is 5.91 Å². The monoisotopic (exact) mass is 266 g/mol. The number of hydrogen-bond acceptors (Lipinski definition) is 4. The van der Waals surface area contributed by atoms with E-state index < -0.39 is 0 Å². The first-order valence-electron chi connectivity index (χ1n) is 6.88. The molecule has 19 heavy (non-hydrogen) atoms. The molecule has 1 aromatic rings. The zero-order chi connectivity index (χ0) is 13.9. The second-order valence-electron chi connectivity index (χ2n) is 5.55. The topological polar surface area (TPSA) is 80.0 Å². The van der Waals surface area contributed by atoms with Crippen molar-refractivity contribution in [2.24, 2.45) is 0 Å². The number of carbonyl (C=O) groups excluding carboxylic acids is 1. The predicted molar refractivity (Wildman–Crippen MR) is 70.5 cm³/mol. The molecule has 2 rings (SSSR count). The Labute approximate surface area is 113 Å². The number of hydrogen-bond donors (Lipinski definition) is 2. The molecule has 1 saturated carbocycles. The van der Waals surface area contributed by atoms with Gasteiger partial charge in [0, 0.05) is 24.3 Å². The summed E-state index contributed by atoms with van der Waals surface area (Å²) in [6, 6.07) is 0. The smallest absolute Gasteiger partial charge is 0.242 e. The lowest BCUT2D eigenvalue weighted by atomic mass is 9.95. The van der Waals surface area contributed by atoms with E-state index in [-0.39, 0.29) is 24.6 Å². The van der Waals surface area contributed by atoms with Crippen LogP contribution in [-0.2, 0) is 11.3 Å². The molecule has 1 unspecified atom stereocenters. The molecule has 1 aliphatic carbocycles. The maximum absolute atomic E-state index is 12.0. The quantitative estimate of drug-likeness (QED) is 0.766. The molecule has 1 fully saturated rings. The van der Waals surface area contributed by atoms with E-state index in [1.54, 1.807) is 4.68 Å². The van der Waals surface area contributed by atoms with Crippen molar-refractivity contribution < 1.29 is 9.90 Å². The fraction of sp³-hybridized carbons (Fsp3) is 0.769. The summed E-state index contributed by atoms with van der Waals surface area (Å²) < 4.78 is 1.58. The van der Waals surface area contributed by atoms with Crippen LogP contribution in [0.2, 0.25) is 0 Å². The molecule has 1 amide bonds. The number of amides is 1. The van der Waals surface area contributed by atoms with Crippen molar-refractivity contribution in [3.05, 3.63) is 11.9 Å². The van der Waals surface area contributed by atoms with E-state index in [1.807, 2.05) is 20.0 Å². The molecule has 0 bridgehead atoms. The lowest BCUT2D eigenvalue weighted by Crippen LogP contribution is -2.47. The Kier molecular flexibility index (Phi) is 4.19. The van der Waals surface area contributed by atoms with Gasteiger partial charge in [-0.3, -0.25) is 4.79 Å². The van der Waals surface area contributed by atoms with Crippen molar-refractivity contribution in [3.63, 3.8) is 0 Å². The Morgan fingerprint density at radius 2 is 2.37 bits per heavy atom. The normalized spacial score (nSPS) is 18.1. The third-order valence-electron chi connectivity index (χ3n) is 3.74. The average molecular weight is 266 g/mol. The molecule has 106 valence electrons. The van der Waals surface area contributed by atoms with Gasteiger partial charge < -0.3 is 10.4 Å². The van der Waals surface area contributed by atoms with E-state index in [2.05, 4.69) is 15.6 Å². The summed E-state index contributed by atoms with van der Waals surface area (Å²) in [5, 5.41) is 20.0. The first kappa shape index (κ1) is 14.0. The van der Waals surface area contributed by atoms with Crippen LogP contribution in [0.25, 0.3) is 0 Å². The van der Waals surface area contributed by atoms with Gasteiger partial charge in [-0.05, 0) is 32.6 Å². The summed E-state index contributed by atoms with van der Waals surface area (Å²) in [4.78, 5) is 12.0. The molecule has 1 aliphatic rings. The van der Waals surface area contributed by atoms with Crippen LogP contribution in [0.1, 0.15) is 51.1 Å². The molecule has 1 aromatic heterocycles. The van der Waals surface area contributed by atoms with Gasteiger partial charge in [0.05, 0.1) is 5.69 Å². The maximum atomic E-state index is 12.0. The van der Waals surface area contributed by atoms with Crippen molar-refractivity contribution >= 4 is 5.91 Å². The van der Waals surface area contributed by atoms with Gasteiger partial charge in [-0.15, -0.1) is 5.10 Å². The molecule has 0 radical (unpaired) electrons. The van der Waals surface area contributed by atoms with Crippen LogP contribution in [0.15, 0.2) is 6.20 Å². The first-order valence-corrected chi connectivity index (χ1v) is 6.88. The molecule has 1 heterocycles. The minimum absolute atomic E-state index is 0.0692. The van der Waals surface area contributed by atoms with Crippen molar-refractivity contribution in [2.75, 3.05) is 6.61 Å². The molecule has 6 heteroatoms. The molecule has 0 saturated heterocycles. The third-order valence-corrected chi connectivity index (χ3v) is 3.74. The summed E-state index contributed by atoms with van der Waals surface area (Å²) >= 11 is 0. The molecule has 1 atom stereocenters. The summed E-state index contributed by atoms with van der Waals surface area (Å²) in [6.45, 7) is 4.19. The summed E-state index contributed by atoms with van der Waals surface area (Å²) in [7, 11) is 0. The minimum Gasteiger partial charge on any atom is -0.396 e. The van der Waals surface area contributed by atoms with Gasteiger partial charge in [-0.2, -0.15) is 0 Å². The Morgan fingerprint density at radius 1 is 1.63 bits per heavy atom. The van der Waals surface area contributed by atoms with Crippen LogP contribution in [-0.4, -0.2) is 38.2 Å². The Bertz CT molecular complexity index is 442. The maximum Gasteiger partial charge on any atom is 0.242 e. The van der Waals surface area contributed by atoms with Crippen LogP contribution in [0, 0.1) is 0 Å². The van der Waals surface area contributed by atoms with E-state index in [0.717, 1.165) is 12.1 Å². The Balaban J connectivity index is 1.88. The van der Waals surface area contributed by atoms with Crippen molar-refractivity contribution in [3.8, 4) is 0 Å². The van der Waals surface area contributed by atoms with E-state index in [0.29, 0.717) is 12.3 Å². The minimum atomic E-state index is -0.355. The van der Waals surface area contributed by atoms with Gasteiger partial charge >= 0.3 is 0 Å². The van der Waals surface area contributed by atoms with Gasteiger partial charge in [0.15, 0.2) is 0 Å². The highest BCUT2D eigenvalue weighted by Gasteiger charge is 2.27. The van der Waals surface area contributed by atoms with Crippen LogP contribution >= 0.6 is 0 Å². The van der Waals surface area contributed by atoms with E-state index in [4.69, 9.17) is 5.11 Å². The van der Waals surface area contributed by atoms with Crippen molar-refractivity contribution in [2.45, 2.75) is 57.5 Å². The highest BCUT2D eigenvalue weighted by molar-refractivity contribution is 5.76. The van der Waals surface area contributed by atoms with Crippen LogP contribution in [0.5, 0.6) is 0 Å². The Morgan fingerprint density at radius 3 is 2.95 bits per heavy atom. The number of rotatable bonds is 7. The predicted octanol–water partition coefficient (Wildman–Crippen LogP) is 0.823. The second kappa shape index (κ2) is 5.69. The van der Waals surface area contributed by atoms with Gasteiger partial charge in [0.25, 0.3) is 0 Å². The Hall–Kier alpha value is -1.43. The lowest BCUT2D eigenvalue weighted by Gasteiger charge is -2.28. The number of nitrogens with zero attached hydrogens (tertiary/aromatic N) is 3. The van der Waals surface area contributed by atoms with Crippen molar-refractivity contribution in [1.82, 2.24) is 20.3 Å². The molecular weight excluding hydrogens is 244 g/mol. The second-order valence-corrected chi connectivity index (χ2v) is 5.55. The fourth-order valence-electron chi connectivity index (χ4n) is 2.05. The zero-order valence-corrected chi connectivity index (χ0v) is 11.6. The highest BCUT2D eigenvalue weighted by atomic mass is 16.3. The van der Waals surface area contributed by atoms with Crippen molar-refractivity contribution in [1.29, 1.82) is 0 Å². The summed E-state index contributed by atoms with van der Waals surface area (Å²) in [5.41, 5.74) is 0.632. The molecule has 0 spiro atoms. The summed E-state index contributed by atoms with van der Waals surface area (Å²) in [5.74, 6) is 0.456. The molecule has 6 nitrogen and oxygen atoms in total. The van der Waals surface area contributed by atoms with Crippen LogP contribution in [0.3, 0.4) is 0 Å². The summed E-state index contributed by atoms with van der Waals surface area (Å²) in [6.07, 6.45) is 5.54. The van der Waals surface area contributed by atoms with Gasteiger partial charge in [0.1, 0.15) is 6.54 Å². The number of nitrogens with one attached hydrogen (secondary N) is 1. The first-order chi connectivity index (χ1) is 9.06. The average Bonchev–Trinajstić information content (AvgIpc) is 3.11.